The van der Waals surface area contributed by atoms with Crippen LogP contribution in [0.15, 0.2) is 47.4 Å². The Hall–Kier alpha value is -1.75. The third-order valence-electron chi connectivity index (χ3n) is 5.86. The molecule has 0 N–H and O–H groups in total. The van der Waals surface area contributed by atoms with Crippen LogP contribution in [0.4, 0.5) is 5.13 Å². The van der Waals surface area contributed by atoms with E-state index < -0.39 is 10.0 Å². The Morgan fingerprint density at radius 1 is 1.06 bits per heavy atom. The Kier molecular flexibility index (Phi) is 7.81. The molecule has 34 heavy (non-hydrogen) atoms. The summed E-state index contributed by atoms with van der Waals surface area (Å²) in [5.41, 5.74) is 0.802. The highest BCUT2D eigenvalue weighted by atomic mass is 35.5. The van der Waals surface area contributed by atoms with E-state index in [-0.39, 0.29) is 16.7 Å². The lowest BCUT2D eigenvalue weighted by atomic mass is 9.96. The lowest BCUT2D eigenvalue weighted by Gasteiger charge is -2.33. The van der Waals surface area contributed by atoms with E-state index in [1.54, 1.807) is 23.1 Å². The zero-order valence-electron chi connectivity index (χ0n) is 18.9. The van der Waals surface area contributed by atoms with E-state index in [4.69, 9.17) is 23.2 Å². The maximum Gasteiger partial charge on any atom is 0.243 e. The molecule has 11 heteroatoms. The molecule has 1 saturated heterocycles. The van der Waals surface area contributed by atoms with Gasteiger partial charge in [-0.1, -0.05) is 34.5 Å². The summed E-state index contributed by atoms with van der Waals surface area (Å²) in [5, 5.41) is 1.75. The molecular formula is C23H26Cl2N4O3S2. The summed E-state index contributed by atoms with van der Waals surface area (Å²) >= 11 is 13.5. The third-order valence-corrected chi connectivity index (χ3v) is 9.30. The quantitative estimate of drug-likeness (QED) is 0.437. The van der Waals surface area contributed by atoms with E-state index in [1.165, 1.54) is 27.8 Å². The number of piperidine rings is 1. The van der Waals surface area contributed by atoms with Gasteiger partial charge < -0.3 is 4.90 Å². The second-order valence-corrected chi connectivity index (χ2v) is 12.4. The van der Waals surface area contributed by atoms with Gasteiger partial charge >= 0.3 is 0 Å². The van der Waals surface area contributed by atoms with E-state index >= 15 is 0 Å². The fourth-order valence-corrected chi connectivity index (χ4v) is 6.79. The summed E-state index contributed by atoms with van der Waals surface area (Å²) in [7, 11) is 0.296. The average molecular weight is 542 g/mol. The molecule has 0 saturated carbocycles. The average Bonchev–Trinajstić information content (AvgIpc) is 3.22. The molecule has 7 nitrogen and oxygen atoms in total. The lowest BCUT2D eigenvalue weighted by Crippen LogP contribution is -2.46. The minimum Gasteiger partial charge on any atom is -0.308 e. The number of hydrogen-bond donors (Lipinski definition) is 0. The molecule has 2 aromatic carbocycles. The van der Waals surface area contributed by atoms with Gasteiger partial charge in [-0.05, 0) is 69.4 Å². The number of rotatable bonds is 7. The van der Waals surface area contributed by atoms with Crippen molar-refractivity contribution in [2.24, 2.45) is 5.92 Å². The van der Waals surface area contributed by atoms with E-state index in [0.29, 0.717) is 54.2 Å². The molecule has 0 bridgehead atoms. The smallest absolute Gasteiger partial charge is 0.243 e. The Labute approximate surface area is 213 Å². The predicted octanol–water partition coefficient (Wildman–Crippen LogP) is 4.60. The Balaban J connectivity index is 1.50. The van der Waals surface area contributed by atoms with Crippen LogP contribution in [0, 0.1) is 5.92 Å². The molecular weight excluding hydrogens is 515 g/mol. The number of hydrogen-bond acceptors (Lipinski definition) is 6. The minimum atomic E-state index is -3.62. The van der Waals surface area contributed by atoms with Crippen LogP contribution >= 0.6 is 34.5 Å². The molecule has 0 unspecified atom stereocenters. The van der Waals surface area contributed by atoms with Crippen molar-refractivity contribution in [2.75, 3.05) is 45.2 Å². The number of amides is 1. The zero-order valence-corrected chi connectivity index (χ0v) is 22.1. The van der Waals surface area contributed by atoms with E-state index in [1.807, 2.05) is 31.1 Å². The van der Waals surface area contributed by atoms with Gasteiger partial charge in [-0.2, -0.15) is 4.31 Å². The fourth-order valence-electron chi connectivity index (χ4n) is 3.92. The van der Waals surface area contributed by atoms with Crippen molar-refractivity contribution >= 4 is 65.8 Å². The summed E-state index contributed by atoms with van der Waals surface area (Å²) < 4.78 is 28.4. The topological polar surface area (TPSA) is 73.8 Å². The van der Waals surface area contributed by atoms with Crippen molar-refractivity contribution in [3.8, 4) is 0 Å². The number of halogens is 2. The van der Waals surface area contributed by atoms with Crippen LogP contribution in [-0.2, 0) is 14.8 Å². The van der Waals surface area contributed by atoms with Gasteiger partial charge in [0.05, 0.1) is 15.1 Å². The predicted molar refractivity (Wildman–Crippen MR) is 138 cm³/mol. The summed E-state index contributed by atoms with van der Waals surface area (Å²) in [4.78, 5) is 22.2. The van der Waals surface area contributed by atoms with Crippen LogP contribution in [0.3, 0.4) is 0 Å². The number of carbonyl (C=O) groups is 1. The molecule has 1 aromatic heterocycles. The highest BCUT2D eigenvalue weighted by Crippen LogP contribution is 2.33. The van der Waals surface area contributed by atoms with Crippen LogP contribution in [-0.4, -0.2) is 68.8 Å². The normalized spacial score (nSPS) is 15.8. The van der Waals surface area contributed by atoms with Crippen molar-refractivity contribution in [2.45, 2.75) is 17.7 Å². The summed E-state index contributed by atoms with van der Waals surface area (Å²) in [5.74, 6) is -0.287. The molecule has 182 valence electrons. The van der Waals surface area contributed by atoms with Gasteiger partial charge in [0.25, 0.3) is 0 Å². The van der Waals surface area contributed by atoms with Crippen LogP contribution in [0.25, 0.3) is 10.2 Å². The van der Waals surface area contributed by atoms with Crippen LogP contribution < -0.4 is 4.90 Å². The minimum absolute atomic E-state index is 0.0180. The summed E-state index contributed by atoms with van der Waals surface area (Å²) in [6, 6.07) is 11.7. The first kappa shape index (κ1) is 25.3. The first-order chi connectivity index (χ1) is 16.1. The van der Waals surface area contributed by atoms with Crippen molar-refractivity contribution in [3.05, 3.63) is 52.5 Å². The van der Waals surface area contributed by atoms with Crippen molar-refractivity contribution in [3.63, 3.8) is 0 Å². The number of thiazole rings is 1. The Morgan fingerprint density at radius 3 is 2.35 bits per heavy atom. The van der Waals surface area contributed by atoms with Crippen molar-refractivity contribution in [1.82, 2.24) is 14.2 Å². The zero-order chi connectivity index (χ0) is 24.5. The van der Waals surface area contributed by atoms with Gasteiger partial charge in [-0.25, -0.2) is 13.4 Å². The van der Waals surface area contributed by atoms with E-state index in [0.717, 1.165) is 10.2 Å². The second-order valence-electron chi connectivity index (χ2n) is 8.53. The van der Waals surface area contributed by atoms with Crippen LogP contribution in [0.1, 0.15) is 12.8 Å². The molecule has 0 radical (unpaired) electrons. The van der Waals surface area contributed by atoms with Crippen molar-refractivity contribution in [1.29, 1.82) is 0 Å². The number of fused-ring (bicyclic) bond motifs is 1. The summed E-state index contributed by atoms with van der Waals surface area (Å²) in [6.45, 7) is 1.77. The second kappa shape index (κ2) is 10.5. The first-order valence-electron chi connectivity index (χ1n) is 10.9. The lowest BCUT2D eigenvalue weighted by molar-refractivity contribution is -0.123. The molecule has 1 fully saturated rings. The first-order valence-corrected chi connectivity index (χ1v) is 13.9. The number of likely N-dealkylation sites (N-methyl/N-ethyl adjacent to an activating group) is 1. The van der Waals surface area contributed by atoms with Gasteiger partial charge in [0.2, 0.25) is 15.9 Å². The number of sulfonamides is 1. The largest absolute Gasteiger partial charge is 0.308 e. The Morgan fingerprint density at radius 2 is 1.71 bits per heavy atom. The van der Waals surface area contributed by atoms with Crippen LogP contribution in [0.2, 0.25) is 10.0 Å². The van der Waals surface area contributed by atoms with E-state index in [9.17, 15) is 13.2 Å². The molecule has 3 aromatic rings. The molecule has 0 spiro atoms. The molecule has 0 aliphatic carbocycles. The van der Waals surface area contributed by atoms with Crippen molar-refractivity contribution < 1.29 is 13.2 Å². The highest BCUT2D eigenvalue weighted by molar-refractivity contribution is 7.89. The molecule has 1 aliphatic heterocycles. The number of anilines is 1. The molecule has 1 amide bonds. The maximum absolute atomic E-state index is 13.6. The van der Waals surface area contributed by atoms with Crippen LogP contribution in [0.5, 0.6) is 0 Å². The number of carbonyl (C=O) groups excluding carboxylic acids is 1. The SMILES string of the molecule is CN(C)CCN(C(=O)C1CCN(S(=O)(=O)c2ccc(Cl)cc2)CC1)c1nc2ccc(Cl)cc2s1. The van der Waals surface area contributed by atoms with Gasteiger partial charge in [0.1, 0.15) is 0 Å². The van der Waals surface area contributed by atoms with Gasteiger partial charge in [0.15, 0.2) is 5.13 Å². The highest BCUT2D eigenvalue weighted by Gasteiger charge is 2.35. The fraction of sp³-hybridized carbons (Fsp3) is 0.391. The number of nitrogens with zero attached hydrogens (tertiary/aromatic N) is 4. The van der Waals surface area contributed by atoms with Gasteiger partial charge in [-0.15, -0.1) is 0 Å². The Bertz CT molecular complexity index is 1270. The standard InChI is InChI=1S/C23H26Cl2N4O3S2/c1-27(2)13-14-29(23-26-20-8-5-18(25)15-21(20)33-23)22(30)16-9-11-28(12-10-16)34(31,32)19-6-3-17(24)4-7-19/h3-8,15-16H,9-14H2,1-2H3. The number of benzene rings is 2. The molecule has 1 aliphatic rings. The maximum atomic E-state index is 13.6. The molecule has 2 heterocycles. The molecule has 0 atom stereocenters. The monoisotopic (exact) mass is 540 g/mol. The van der Waals surface area contributed by atoms with Gasteiger partial charge in [-0.3, -0.25) is 9.69 Å². The van der Waals surface area contributed by atoms with Gasteiger partial charge in [0, 0.05) is 42.1 Å². The third kappa shape index (κ3) is 5.56. The molecule has 4 rings (SSSR count). The number of aromatic nitrogens is 1. The summed E-state index contributed by atoms with van der Waals surface area (Å²) in [6.07, 6.45) is 0.918. The van der Waals surface area contributed by atoms with E-state index in [2.05, 4.69) is 4.98 Å².